The van der Waals surface area contributed by atoms with Crippen molar-refractivity contribution in [3.63, 3.8) is 0 Å². The van der Waals surface area contributed by atoms with Crippen molar-refractivity contribution in [2.24, 2.45) is 0 Å². The summed E-state index contributed by atoms with van der Waals surface area (Å²) in [5.74, 6) is 0. The molecule has 0 radical (unpaired) electrons. The first-order valence-electron chi connectivity index (χ1n) is 1.57. The molecule has 0 spiro atoms. The SMILES string of the molecule is O.O.O.O.O=P(O)(O)O.O=P(O)(O)O.[Zn].[Zn].[Zn]. The van der Waals surface area contributed by atoms with E-state index in [0.29, 0.717) is 0 Å². The van der Waals surface area contributed by atoms with Crippen molar-refractivity contribution >= 4 is 15.6 Å². The van der Waals surface area contributed by atoms with E-state index in [0.717, 1.165) is 0 Å². The van der Waals surface area contributed by atoms with E-state index in [2.05, 4.69) is 0 Å². The van der Waals surface area contributed by atoms with Gasteiger partial charge in [0, 0.05) is 58.4 Å². The fraction of sp³-hybridized carbons (Fsp3) is 0. The predicted molar refractivity (Wildman–Crippen MR) is 43.0 cm³/mol. The minimum Gasteiger partial charge on any atom is -0.412 e. The molecule has 0 aliphatic heterocycles. The van der Waals surface area contributed by atoms with Gasteiger partial charge in [-0.05, 0) is 0 Å². The first kappa shape index (κ1) is 61.7. The molecule has 0 unspecified atom stereocenters. The Balaban J connectivity index is -0.00000000762. The zero-order chi connectivity index (χ0) is 9.00. The minimum atomic E-state index is -4.64. The van der Waals surface area contributed by atoms with E-state index in [1.807, 2.05) is 0 Å². The molecule has 0 fully saturated rings. The number of phosphoric acid groups is 2. The molecule has 0 aromatic rings. The van der Waals surface area contributed by atoms with Crippen LogP contribution >= 0.6 is 15.6 Å². The minimum absolute atomic E-state index is 0. The molecule has 0 saturated carbocycles. The first-order valence-corrected chi connectivity index (χ1v) is 4.70. The molecular formula is H14O12P2Zn3. The fourth-order valence-electron chi connectivity index (χ4n) is 0. The summed E-state index contributed by atoms with van der Waals surface area (Å²) in [7, 11) is -9.28. The summed E-state index contributed by atoms with van der Waals surface area (Å²) in [6, 6.07) is 0. The summed E-state index contributed by atoms with van der Waals surface area (Å²) < 4.78 is 17.8. The molecule has 0 amide bonds. The van der Waals surface area contributed by atoms with Crippen LogP contribution in [0.5, 0.6) is 0 Å². The van der Waals surface area contributed by atoms with E-state index in [9.17, 15) is 0 Å². The molecule has 17 heavy (non-hydrogen) atoms. The largest absolute Gasteiger partial charge is 0.466 e. The molecule has 0 aromatic heterocycles. The van der Waals surface area contributed by atoms with Gasteiger partial charge in [0.25, 0.3) is 0 Å². The van der Waals surface area contributed by atoms with E-state index in [4.69, 9.17) is 38.5 Å². The molecular weight excluding hydrogens is 450 g/mol. The van der Waals surface area contributed by atoms with Crippen LogP contribution in [-0.4, -0.2) is 51.3 Å². The Kier molecular flexibility index (Phi) is 96.2. The molecule has 0 aromatic carbocycles. The Bertz CT molecular complexity index is 132. The van der Waals surface area contributed by atoms with Gasteiger partial charge in [0.05, 0.1) is 0 Å². The predicted octanol–water partition coefficient (Wildman–Crippen LogP) is -5.16. The molecule has 12 nitrogen and oxygen atoms in total. The van der Waals surface area contributed by atoms with Crippen molar-refractivity contribution < 1.29 is 119 Å². The number of hydrogen-bond donors (Lipinski definition) is 6. The summed E-state index contributed by atoms with van der Waals surface area (Å²) in [6.45, 7) is 0. The van der Waals surface area contributed by atoms with Crippen LogP contribution in [0.15, 0.2) is 0 Å². The van der Waals surface area contributed by atoms with E-state index in [1.54, 1.807) is 0 Å². The van der Waals surface area contributed by atoms with Crippen molar-refractivity contribution in [1.29, 1.82) is 0 Å². The van der Waals surface area contributed by atoms with E-state index < -0.39 is 15.6 Å². The van der Waals surface area contributed by atoms with Crippen molar-refractivity contribution in [2.75, 3.05) is 0 Å². The summed E-state index contributed by atoms with van der Waals surface area (Å²) in [5.41, 5.74) is 0. The summed E-state index contributed by atoms with van der Waals surface area (Å²) in [6.07, 6.45) is 0. The second-order valence-corrected chi connectivity index (χ2v) is 3.08. The quantitative estimate of drug-likeness (QED) is 0.148. The van der Waals surface area contributed by atoms with Crippen molar-refractivity contribution in [1.82, 2.24) is 0 Å². The van der Waals surface area contributed by atoms with Gasteiger partial charge >= 0.3 is 15.6 Å². The molecule has 0 rings (SSSR count). The number of hydrogen-bond acceptors (Lipinski definition) is 2. The molecule has 17 heteroatoms. The fourth-order valence-corrected chi connectivity index (χ4v) is 0. The maximum Gasteiger partial charge on any atom is 0.466 e. The topological polar surface area (TPSA) is 282 Å². The van der Waals surface area contributed by atoms with Crippen LogP contribution in [0.2, 0.25) is 0 Å². The van der Waals surface area contributed by atoms with Gasteiger partial charge in [-0.15, -0.1) is 0 Å². The smallest absolute Gasteiger partial charge is 0.412 e. The van der Waals surface area contributed by atoms with Crippen molar-refractivity contribution in [2.45, 2.75) is 0 Å². The monoisotopic (exact) mass is 460 g/mol. The molecule has 0 atom stereocenters. The van der Waals surface area contributed by atoms with Gasteiger partial charge in [0.2, 0.25) is 0 Å². The second kappa shape index (κ2) is 26.5. The zero-order valence-corrected chi connectivity index (χ0v) is 19.2. The summed E-state index contributed by atoms with van der Waals surface area (Å²) >= 11 is 0. The molecule has 0 heterocycles. The molecule has 0 aliphatic carbocycles. The average Bonchev–Trinajstić information content (AvgIpc) is 1.12. The molecule has 0 saturated heterocycles. The second-order valence-electron chi connectivity index (χ2n) is 1.03. The van der Waals surface area contributed by atoms with Gasteiger partial charge in [-0.3, -0.25) is 0 Å². The molecule has 102 valence electrons. The summed E-state index contributed by atoms with van der Waals surface area (Å²) in [4.78, 5) is 43.1. The average molecular weight is 464 g/mol. The molecule has 0 aliphatic rings. The third-order valence-electron chi connectivity index (χ3n) is 0. The van der Waals surface area contributed by atoms with Crippen LogP contribution in [0.3, 0.4) is 0 Å². The standard InChI is InChI=1S/2H3O4P.4H2O.3Zn/c2*1-5(2,3)4;;;;;;;/h2*(H3,1,2,3,4);4*1H2;;;. The third-order valence-corrected chi connectivity index (χ3v) is 0. The van der Waals surface area contributed by atoms with Crippen LogP contribution in [-0.2, 0) is 67.6 Å². The molecule has 14 N–H and O–H groups in total. The van der Waals surface area contributed by atoms with Crippen LogP contribution in [0.1, 0.15) is 0 Å². The van der Waals surface area contributed by atoms with Crippen LogP contribution in [0.25, 0.3) is 0 Å². The normalized spacial score (nSPS) is 6.94. The summed E-state index contributed by atoms with van der Waals surface area (Å²) in [5, 5.41) is 0. The van der Waals surface area contributed by atoms with Crippen molar-refractivity contribution in [3.8, 4) is 0 Å². The van der Waals surface area contributed by atoms with E-state index in [1.165, 1.54) is 0 Å². The van der Waals surface area contributed by atoms with E-state index >= 15 is 0 Å². The van der Waals surface area contributed by atoms with Crippen LogP contribution < -0.4 is 0 Å². The zero-order valence-electron chi connectivity index (χ0n) is 8.52. The van der Waals surface area contributed by atoms with E-state index in [-0.39, 0.29) is 80.3 Å². The van der Waals surface area contributed by atoms with Gasteiger partial charge in [0.1, 0.15) is 0 Å². The Labute approximate surface area is 134 Å². The third kappa shape index (κ3) is 1220. The van der Waals surface area contributed by atoms with Gasteiger partial charge in [-0.2, -0.15) is 0 Å². The van der Waals surface area contributed by atoms with Crippen LogP contribution in [0, 0.1) is 0 Å². The Morgan fingerprint density at radius 1 is 0.471 bits per heavy atom. The maximum absolute atomic E-state index is 8.88. The van der Waals surface area contributed by atoms with Gasteiger partial charge in [0.15, 0.2) is 0 Å². The first-order chi connectivity index (χ1) is 4.00. The maximum atomic E-state index is 8.88. The van der Waals surface area contributed by atoms with Gasteiger partial charge < -0.3 is 51.3 Å². The number of rotatable bonds is 0. The Morgan fingerprint density at radius 3 is 0.471 bits per heavy atom. The molecule has 0 bridgehead atoms. The Hall–Kier alpha value is 1.93. The Morgan fingerprint density at radius 2 is 0.471 bits per heavy atom. The van der Waals surface area contributed by atoms with Crippen molar-refractivity contribution in [3.05, 3.63) is 0 Å². The van der Waals surface area contributed by atoms with Gasteiger partial charge in [-0.25, -0.2) is 9.13 Å². The van der Waals surface area contributed by atoms with Gasteiger partial charge in [-0.1, -0.05) is 0 Å². The van der Waals surface area contributed by atoms with Crippen LogP contribution in [0.4, 0.5) is 0 Å².